The van der Waals surface area contributed by atoms with Crippen LogP contribution in [0.3, 0.4) is 0 Å². The molecule has 0 amide bonds. The van der Waals surface area contributed by atoms with Gasteiger partial charge in [-0.3, -0.25) is 0 Å². The molecular formula is C12H7F6NO3. The van der Waals surface area contributed by atoms with E-state index in [0.29, 0.717) is 0 Å². The molecule has 0 bridgehead atoms. The zero-order chi connectivity index (χ0) is 17.1. The van der Waals surface area contributed by atoms with Gasteiger partial charge in [0.25, 0.3) is 0 Å². The topological polar surface area (TPSA) is 59.3 Å². The van der Waals surface area contributed by atoms with Gasteiger partial charge in [-0.15, -0.1) is 13.2 Å². The SMILES string of the molecule is CCOC(=O)c1cc(OC(F)(F)F)c(C#N)cc1C(F)(F)F. The predicted octanol–water partition coefficient (Wildman–Crippen LogP) is 3.65. The Hall–Kier alpha value is -2.44. The van der Waals surface area contributed by atoms with E-state index in [1.54, 1.807) is 0 Å². The van der Waals surface area contributed by atoms with Gasteiger partial charge in [-0.25, -0.2) is 4.79 Å². The van der Waals surface area contributed by atoms with Crippen molar-refractivity contribution in [1.29, 1.82) is 5.26 Å². The number of rotatable bonds is 3. The van der Waals surface area contributed by atoms with Crippen LogP contribution in [0.2, 0.25) is 0 Å². The molecule has 0 saturated carbocycles. The van der Waals surface area contributed by atoms with Crippen molar-refractivity contribution in [1.82, 2.24) is 0 Å². The molecule has 0 radical (unpaired) electrons. The van der Waals surface area contributed by atoms with Crippen LogP contribution in [0.15, 0.2) is 12.1 Å². The lowest BCUT2D eigenvalue weighted by Gasteiger charge is -2.16. The fourth-order valence-electron chi connectivity index (χ4n) is 1.49. The minimum absolute atomic E-state index is 0.104. The molecular weight excluding hydrogens is 320 g/mol. The van der Waals surface area contributed by atoms with Crippen LogP contribution in [0.5, 0.6) is 5.75 Å². The second-order valence-electron chi connectivity index (χ2n) is 3.77. The van der Waals surface area contributed by atoms with Crippen LogP contribution < -0.4 is 4.74 Å². The third-order valence-electron chi connectivity index (χ3n) is 2.27. The van der Waals surface area contributed by atoms with Crippen LogP contribution in [-0.2, 0) is 10.9 Å². The highest BCUT2D eigenvalue weighted by Gasteiger charge is 2.39. The average molecular weight is 327 g/mol. The molecule has 120 valence electrons. The molecule has 0 heterocycles. The summed E-state index contributed by atoms with van der Waals surface area (Å²) in [6, 6.07) is 1.44. The molecule has 0 aliphatic carbocycles. The van der Waals surface area contributed by atoms with Crippen LogP contribution in [0, 0.1) is 11.3 Å². The number of nitrogens with zero attached hydrogens (tertiary/aromatic N) is 1. The van der Waals surface area contributed by atoms with E-state index in [4.69, 9.17) is 5.26 Å². The van der Waals surface area contributed by atoms with Crippen molar-refractivity contribution in [2.24, 2.45) is 0 Å². The lowest BCUT2D eigenvalue weighted by atomic mass is 10.0. The summed E-state index contributed by atoms with van der Waals surface area (Å²) < 4.78 is 83.0. The number of esters is 1. The summed E-state index contributed by atoms with van der Waals surface area (Å²) in [5.74, 6) is -2.70. The van der Waals surface area contributed by atoms with Crippen LogP contribution in [-0.4, -0.2) is 18.9 Å². The molecule has 10 heteroatoms. The van der Waals surface area contributed by atoms with Gasteiger partial charge in [0.05, 0.1) is 23.3 Å². The van der Waals surface area contributed by atoms with Gasteiger partial charge in [0, 0.05) is 0 Å². The van der Waals surface area contributed by atoms with Gasteiger partial charge < -0.3 is 9.47 Å². The number of hydrogen-bond donors (Lipinski definition) is 0. The third kappa shape index (κ3) is 4.28. The van der Waals surface area contributed by atoms with Crippen LogP contribution in [0.25, 0.3) is 0 Å². The maximum Gasteiger partial charge on any atom is 0.573 e. The number of alkyl halides is 6. The molecule has 1 rings (SSSR count). The Kier molecular flexibility index (Phi) is 4.91. The second-order valence-corrected chi connectivity index (χ2v) is 3.77. The van der Waals surface area contributed by atoms with Crippen LogP contribution in [0.4, 0.5) is 26.3 Å². The smallest absolute Gasteiger partial charge is 0.462 e. The van der Waals surface area contributed by atoms with E-state index in [1.807, 2.05) is 0 Å². The molecule has 22 heavy (non-hydrogen) atoms. The van der Waals surface area contributed by atoms with Gasteiger partial charge in [0.2, 0.25) is 0 Å². The Morgan fingerprint density at radius 3 is 2.23 bits per heavy atom. The highest BCUT2D eigenvalue weighted by Crippen LogP contribution is 2.37. The number of carbonyl (C=O) groups is 1. The van der Waals surface area contributed by atoms with Gasteiger partial charge in [0.15, 0.2) is 0 Å². The van der Waals surface area contributed by atoms with E-state index in [-0.39, 0.29) is 18.7 Å². The van der Waals surface area contributed by atoms with Crippen molar-refractivity contribution in [2.75, 3.05) is 6.61 Å². The molecule has 0 aliphatic rings. The van der Waals surface area contributed by atoms with Crippen molar-refractivity contribution in [3.63, 3.8) is 0 Å². The summed E-state index contributed by atoms with van der Waals surface area (Å²) in [6.45, 7) is 1.02. The van der Waals surface area contributed by atoms with E-state index in [2.05, 4.69) is 9.47 Å². The minimum Gasteiger partial charge on any atom is -0.462 e. The first kappa shape index (κ1) is 17.6. The highest BCUT2D eigenvalue weighted by molar-refractivity contribution is 5.92. The molecule has 0 saturated heterocycles. The molecule has 0 aromatic heterocycles. The largest absolute Gasteiger partial charge is 0.573 e. The molecule has 0 N–H and O–H groups in total. The number of ether oxygens (including phenoxy) is 2. The van der Waals surface area contributed by atoms with Gasteiger partial charge in [-0.05, 0) is 19.1 Å². The number of benzene rings is 1. The van der Waals surface area contributed by atoms with E-state index in [0.717, 1.165) is 6.07 Å². The van der Waals surface area contributed by atoms with Crippen molar-refractivity contribution in [3.05, 3.63) is 28.8 Å². The van der Waals surface area contributed by atoms with E-state index in [1.165, 1.54) is 6.92 Å². The number of carbonyl (C=O) groups excluding carboxylic acids is 1. The van der Waals surface area contributed by atoms with Crippen LogP contribution >= 0.6 is 0 Å². The quantitative estimate of drug-likeness (QED) is 0.628. The fourth-order valence-corrected chi connectivity index (χ4v) is 1.49. The summed E-state index contributed by atoms with van der Waals surface area (Å²) in [6.07, 6.45) is -10.3. The molecule has 0 fully saturated rings. The Morgan fingerprint density at radius 2 is 1.82 bits per heavy atom. The van der Waals surface area contributed by atoms with Gasteiger partial charge in [-0.2, -0.15) is 18.4 Å². The standard InChI is InChI=1S/C12H7F6NO3/c1-2-21-10(20)7-4-9(22-12(16,17)18)6(5-19)3-8(7)11(13,14)15/h3-4H,2H2,1H3. The van der Waals surface area contributed by atoms with Crippen molar-refractivity contribution in [2.45, 2.75) is 19.5 Å². The van der Waals surface area contributed by atoms with Gasteiger partial charge in [0.1, 0.15) is 11.8 Å². The fraction of sp³-hybridized carbons (Fsp3) is 0.333. The summed E-state index contributed by atoms with van der Waals surface area (Å²) in [4.78, 5) is 11.5. The van der Waals surface area contributed by atoms with E-state index < -0.39 is 40.9 Å². The summed E-state index contributed by atoms with van der Waals surface area (Å²) in [5.41, 5.74) is -3.78. The maximum atomic E-state index is 12.9. The number of nitriles is 1. The molecule has 0 unspecified atom stereocenters. The summed E-state index contributed by atoms with van der Waals surface area (Å²) >= 11 is 0. The van der Waals surface area contributed by atoms with E-state index in [9.17, 15) is 31.1 Å². The Labute approximate surface area is 119 Å². The lowest BCUT2D eigenvalue weighted by molar-refractivity contribution is -0.274. The highest BCUT2D eigenvalue weighted by atomic mass is 19.4. The normalized spacial score (nSPS) is 11.7. The van der Waals surface area contributed by atoms with Gasteiger partial charge >= 0.3 is 18.5 Å². The Bertz CT molecular complexity index is 615. The number of halogens is 6. The Balaban J connectivity index is 3.54. The molecule has 4 nitrogen and oxygen atoms in total. The monoisotopic (exact) mass is 327 g/mol. The molecule has 1 aromatic rings. The molecule has 0 atom stereocenters. The van der Waals surface area contributed by atoms with Crippen molar-refractivity contribution >= 4 is 5.97 Å². The first-order valence-corrected chi connectivity index (χ1v) is 5.57. The zero-order valence-corrected chi connectivity index (χ0v) is 10.8. The molecule has 1 aromatic carbocycles. The minimum atomic E-state index is -5.24. The Morgan fingerprint density at radius 1 is 1.23 bits per heavy atom. The van der Waals surface area contributed by atoms with Gasteiger partial charge in [-0.1, -0.05) is 0 Å². The van der Waals surface area contributed by atoms with Crippen molar-refractivity contribution < 1.29 is 40.6 Å². The van der Waals surface area contributed by atoms with Crippen molar-refractivity contribution in [3.8, 4) is 11.8 Å². The van der Waals surface area contributed by atoms with Crippen LogP contribution in [0.1, 0.15) is 28.4 Å². The lowest BCUT2D eigenvalue weighted by Crippen LogP contribution is -2.20. The molecule has 0 aliphatic heterocycles. The first-order chi connectivity index (χ1) is 9.99. The second kappa shape index (κ2) is 6.13. The predicted molar refractivity (Wildman–Crippen MR) is 58.8 cm³/mol. The summed E-state index contributed by atoms with van der Waals surface area (Å²) in [7, 11) is 0. The van der Waals surface area contributed by atoms with E-state index >= 15 is 0 Å². The maximum absolute atomic E-state index is 12.9. The number of hydrogen-bond acceptors (Lipinski definition) is 4. The zero-order valence-electron chi connectivity index (χ0n) is 10.8. The molecule has 0 spiro atoms. The summed E-state index contributed by atoms with van der Waals surface area (Å²) in [5, 5.41) is 8.66. The third-order valence-corrected chi connectivity index (χ3v) is 2.27. The first-order valence-electron chi connectivity index (χ1n) is 5.57. The average Bonchev–Trinajstić information content (AvgIpc) is 2.35.